The van der Waals surface area contributed by atoms with Gasteiger partial charge in [-0.05, 0) is 95.1 Å². The van der Waals surface area contributed by atoms with Crippen molar-refractivity contribution in [2.24, 2.45) is 0 Å². The highest BCUT2D eigenvalue weighted by atomic mass is 35.5. The summed E-state index contributed by atoms with van der Waals surface area (Å²) >= 11 is 6.26. The van der Waals surface area contributed by atoms with Crippen LogP contribution in [0.3, 0.4) is 0 Å². The van der Waals surface area contributed by atoms with Gasteiger partial charge in [0.05, 0.1) is 5.57 Å². The lowest BCUT2D eigenvalue weighted by molar-refractivity contribution is -0.0852. The Hall–Kier alpha value is -2.90. The molecule has 2 rings (SSSR count). The van der Waals surface area contributed by atoms with Crippen LogP contribution in [0, 0.1) is 10.8 Å². The van der Waals surface area contributed by atoms with E-state index < -0.39 is 11.7 Å². The molecule has 0 radical (unpaired) electrons. The first-order chi connectivity index (χ1) is 23.6. The van der Waals surface area contributed by atoms with E-state index in [0.29, 0.717) is 5.92 Å². The molecule has 0 aliphatic carbocycles. The Morgan fingerprint density at radius 1 is 0.980 bits per heavy atom. The minimum absolute atomic E-state index is 0.181. The number of aromatic amines is 1. The first-order valence-corrected chi connectivity index (χ1v) is 18.6. The fourth-order valence-electron chi connectivity index (χ4n) is 4.14. The molecule has 0 aliphatic rings. The Labute approximate surface area is 308 Å². The molecule has 0 amide bonds. The van der Waals surface area contributed by atoms with Crippen molar-refractivity contribution in [2.75, 3.05) is 13.2 Å². The number of aromatic nitrogens is 1. The van der Waals surface area contributed by atoms with Gasteiger partial charge in [-0.25, -0.2) is 0 Å². The third kappa shape index (κ3) is 26.0. The second kappa shape index (κ2) is 32.0. The van der Waals surface area contributed by atoms with E-state index in [2.05, 4.69) is 104 Å². The smallest absolute Gasteiger partial charge is 0.381 e. The highest BCUT2D eigenvalue weighted by Gasteiger charge is 2.29. The summed E-state index contributed by atoms with van der Waals surface area (Å²) in [6.45, 7) is 29.3. The van der Waals surface area contributed by atoms with Crippen LogP contribution in [0.1, 0.15) is 144 Å². The van der Waals surface area contributed by atoms with Crippen LogP contribution in [0.4, 0.5) is 13.2 Å². The number of unbranched alkanes of at least 4 members (excludes halogenated alkanes) is 2. The second-order valence-electron chi connectivity index (χ2n) is 12.1. The van der Waals surface area contributed by atoms with Crippen LogP contribution >= 0.6 is 11.6 Å². The molecule has 1 unspecified atom stereocenters. The van der Waals surface area contributed by atoms with Crippen molar-refractivity contribution in [3.05, 3.63) is 82.6 Å². The second-order valence-corrected chi connectivity index (χ2v) is 12.6. The minimum Gasteiger partial charge on any atom is -0.381 e. The fourth-order valence-corrected chi connectivity index (χ4v) is 4.31. The molecule has 0 aliphatic heterocycles. The van der Waals surface area contributed by atoms with Crippen molar-refractivity contribution in [3.63, 3.8) is 0 Å². The SMILES string of the molecule is C/C=C\C(=C/CCC)C(C)c1[nH]c2ccc(Cl)cc2c1CCCC.C=C(C)CC.C=C(C=N)C(F)(F)F.CCCC(C)=N.CCCOCCC. The molecule has 4 nitrogen and oxygen atoms in total. The number of rotatable bonds is 16. The van der Waals surface area contributed by atoms with Gasteiger partial charge in [0.25, 0.3) is 0 Å². The van der Waals surface area contributed by atoms with Crippen molar-refractivity contribution in [1.29, 1.82) is 10.8 Å². The van der Waals surface area contributed by atoms with E-state index in [4.69, 9.17) is 27.2 Å². The van der Waals surface area contributed by atoms with Crippen LogP contribution in [-0.4, -0.2) is 36.3 Å². The number of fused-ring (bicyclic) bond motifs is 1. The largest absolute Gasteiger partial charge is 0.417 e. The number of halogens is 4. The topological polar surface area (TPSA) is 72.7 Å². The lowest BCUT2D eigenvalue weighted by atomic mass is 9.91. The number of allylic oxidation sites excluding steroid dienone is 6. The summed E-state index contributed by atoms with van der Waals surface area (Å²) in [7, 11) is 0. The average molecular weight is 724 g/mol. The van der Waals surface area contributed by atoms with E-state index >= 15 is 0 Å². The summed E-state index contributed by atoms with van der Waals surface area (Å²) < 4.78 is 38.7. The highest BCUT2D eigenvalue weighted by Crippen LogP contribution is 2.34. The van der Waals surface area contributed by atoms with E-state index in [9.17, 15) is 13.2 Å². The quantitative estimate of drug-likeness (QED) is 0.0686. The zero-order valence-electron chi connectivity index (χ0n) is 32.9. The van der Waals surface area contributed by atoms with Gasteiger partial charge in [-0.3, -0.25) is 0 Å². The standard InChI is InChI=1S/C22H30ClN.C6H14O.C5H11N.C5H10.C4H4F3N/c1-5-8-11-17(10-7-3)16(4)22-19(12-9-6-2)20-15-18(23)13-14-21(20)24-22;1-3-5-7-6-4-2;1-3-4-5(2)6;1-4-5(2)3;1-3(2-8)4(5,6)7/h7,10-11,13-16,24H,5-6,8-9,12H2,1-4H3;3-6H2,1-2H3;6H,3-4H2,1-2H3;2,4H2,1,3H3;2,8H,1H2/b10-7-,17-11+;;;;. The van der Waals surface area contributed by atoms with Gasteiger partial charge in [0, 0.05) is 52.7 Å². The molecule has 286 valence electrons. The molecule has 3 N–H and O–H groups in total. The lowest BCUT2D eigenvalue weighted by Crippen LogP contribution is -2.10. The summed E-state index contributed by atoms with van der Waals surface area (Å²) in [5.74, 6) is 0.366. The highest BCUT2D eigenvalue weighted by molar-refractivity contribution is 6.31. The van der Waals surface area contributed by atoms with Gasteiger partial charge in [0.15, 0.2) is 0 Å². The summed E-state index contributed by atoms with van der Waals surface area (Å²) in [5, 5.41) is 15.1. The Balaban J connectivity index is -0.000000691. The van der Waals surface area contributed by atoms with E-state index in [1.165, 1.54) is 52.6 Å². The number of ether oxygens (including phenoxy) is 1. The minimum atomic E-state index is -4.43. The summed E-state index contributed by atoms with van der Waals surface area (Å²) in [6, 6.07) is 6.19. The Morgan fingerprint density at radius 2 is 1.56 bits per heavy atom. The van der Waals surface area contributed by atoms with Crippen molar-refractivity contribution in [3.8, 4) is 0 Å². The lowest BCUT2D eigenvalue weighted by Gasteiger charge is -2.15. The van der Waals surface area contributed by atoms with Gasteiger partial charge in [0.1, 0.15) is 0 Å². The van der Waals surface area contributed by atoms with E-state index in [1.807, 2.05) is 19.9 Å². The van der Waals surface area contributed by atoms with Gasteiger partial charge in [0.2, 0.25) is 0 Å². The summed E-state index contributed by atoms with van der Waals surface area (Å²) in [6.07, 6.45) is 13.8. The van der Waals surface area contributed by atoms with Gasteiger partial charge in [-0.15, -0.1) is 6.58 Å². The van der Waals surface area contributed by atoms with E-state index in [-0.39, 0.29) is 6.21 Å². The molecule has 2 aromatic rings. The Morgan fingerprint density at radius 3 is 1.92 bits per heavy atom. The molecular weight excluding hydrogens is 655 g/mol. The molecule has 0 bridgehead atoms. The number of hydrogen-bond donors (Lipinski definition) is 3. The van der Waals surface area contributed by atoms with Crippen LogP contribution in [0.25, 0.3) is 10.9 Å². The predicted molar refractivity (Wildman–Crippen MR) is 217 cm³/mol. The van der Waals surface area contributed by atoms with E-state index in [0.717, 1.165) is 68.9 Å². The number of nitrogens with one attached hydrogen (secondary N) is 3. The number of H-pyrrole nitrogens is 1. The number of benzene rings is 1. The maximum Gasteiger partial charge on any atom is 0.417 e. The first-order valence-electron chi connectivity index (χ1n) is 18.2. The normalized spacial score (nSPS) is 11.5. The molecule has 1 aromatic carbocycles. The summed E-state index contributed by atoms with van der Waals surface area (Å²) in [5.41, 5.74) is 6.30. The molecule has 1 atom stereocenters. The van der Waals surface area contributed by atoms with Crippen LogP contribution in [0.5, 0.6) is 0 Å². The third-order valence-electron chi connectivity index (χ3n) is 7.11. The van der Waals surface area contributed by atoms with Crippen molar-refractivity contribution < 1.29 is 17.9 Å². The maximum absolute atomic E-state index is 11.2. The number of alkyl halides is 3. The molecule has 50 heavy (non-hydrogen) atoms. The molecular formula is C42H69ClF3N3O. The van der Waals surface area contributed by atoms with E-state index in [1.54, 1.807) is 0 Å². The zero-order chi connectivity index (χ0) is 39.1. The van der Waals surface area contributed by atoms with Crippen LogP contribution in [0.15, 0.2) is 66.3 Å². The predicted octanol–water partition coefficient (Wildman–Crippen LogP) is 14.9. The first kappa shape index (κ1) is 51.5. The van der Waals surface area contributed by atoms with Crippen LogP contribution < -0.4 is 0 Å². The number of aryl methyl sites for hydroxylation is 1. The number of hydrogen-bond acceptors (Lipinski definition) is 3. The molecule has 0 saturated heterocycles. The van der Waals surface area contributed by atoms with Crippen molar-refractivity contribution in [1.82, 2.24) is 4.98 Å². The van der Waals surface area contributed by atoms with Crippen LogP contribution in [0.2, 0.25) is 5.02 Å². The van der Waals surface area contributed by atoms with Gasteiger partial charge < -0.3 is 20.5 Å². The molecule has 1 aromatic heterocycles. The monoisotopic (exact) mass is 724 g/mol. The fraction of sp³-hybridized carbons (Fsp3) is 0.571. The third-order valence-corrected chi connectivity index (χ3v) is 7.34. The van der Waals surface area contributed by atoms with Crippen molar-refractivity contribution in [2.45, 2.75) is 146 Å². The van der Waals surface area contributed by atoms with Crippen molar-refractivity contribution >= 4 is 34.4 Å². The maximum atomic E-state index is 11.2. The summed E-state index contributed by atoms with van der Waals surface area (Å²) in [4.78, 5) is 3.68. The van der Waals surface area contributed by atoms with Gasteiger partial charge in [-0.2, -0.15) is 13.2 Å². The molecule has 8 heteroatoms. The average Bonchev–Trinajstić information content (AvgIpc) is 3.43. The Kier molecular flexibility index (Phi) is 33.0. The molecule has 0 fully saturated rings. The molecule has 0 spiro atoms. The Bertz CT molecular complexity index is 1270. The zero-order valence-corrected chi connectivity index (χ0v) is 33.7. The molecule has 0 saturated carbocycles. The van der Waals surface area contributed by atoms with Gasteiger partial charge >= 0.3 is 6.18 Å². The van der Waals surface area contributed by atoms with Gasteiger partial charge in [-0.1, -0.05) is 110 Å². The molecule has 1 heterocycles. The van der Waals surface area contributed by atoms with Crippen LogP contribution in [-0.2, 0) is 11.2 Å².